The van der Waals surface area contributed by atoms with Gasteiger partial charge in [0.1, 0.15) is 11.9 Å². The summed E-state index contributed by atoms with van der Waals surface area (Å²) in [7, 11) is 0. The highest BCUT2D eigenvalue weighted by Crippen LogP contribution is 2.22. The highest BCUT2D eigenvalue weighted by atomic mass is 16.6. The molecule has 0 atom stereocenters. The number of nitrogens with zero attached hydrogens (tertiary/aromatic N) is 2. The zero-order chi connectivity index (χ0) is 17.5. The Balaban J connectivity index is 1.75. The van der Waals surface area contributed by atoms with Crippen LogP contribution in [-0.2, 0) is 4.79 Å². The fourth-order valence-electron chi connectivity index (χ4n) is 2.40. The van der Waals surface area contributed by atoms with Crippen LogP contribution in [0.3, 0.4) is 0 Å². The van der Waals surface area contributed by atoms with Crippen molar-refractivity contribution in [3.63, 3.8) is 0 Å². The van der Waals surface area contributed by atoms with Crippen LogP contribution < -0.4 is 10.1 Å². The van der Waals surface area contributed by atoms with Crippen molar-refractivity contribution in [1.82, 2.24) is 10.2 Å². The van der Waals surface area contributed by atoms with Gasteiger partial charge in [0.15, 0.2) is 0 Å². The summed E-state index contributed by atoms with van der Waals surface area (Å²) >= 11 is 0. The Hall–Kier alpha value is -2.84. The maximum atomic E-state index is 11.9. The van der Waals surface area contributed by atoms with Crippen LogP contribution in [0.2, 0.25) is 0 Å². The average Bonchev–Trinajstić information content (AvgIpc) is 2.55. The highest BCUT2D eigenvalue weighted by Gasteiger charge is 2.24. The van der Waals surface area contributed by atoms with E-state index in [1.165, 1.54) is 12.1 Å². The van der Waals surface area contributed by atoms with E-state index in [2.05, 4.69) is 5.32 Å². The Kier molecular flexibility index (Phi) is 5.94. The lowest BCUT2D eigenvalue weighted by atomic mass is 10.1. The van der Waals surface area contributed by atoms with Gasteiger partial charge in [-0.15, -0.1) is 0 Å². The Morgan fingerprint density at radius 1 is 1.29 bits per heavy atom. The van der Waals surface area contributed by atoms with Crippen LogP contribution in [-0.4, -0.2) is 52.7 Å². The summed E-state index contributed by atoms with van der Waals surface area (Å²) in [4.78, 5) is 34.0. The van der Waals surface area contributed by atoms with Gasteiger partial charge in [-0.1, -0.05) is 0 Å². The van der Waals surface area contributed by atoms with E-state index in [4.69, 9.17) is 9.84 Å². The van der Waals surface area contributed by atoms with Gasteiger partial charge in [0.2, 0.25) is 0 Å². The van der Waals surface area contributed by atoms with Gasteiger partial charge in [-0.25, -0.2) is 4.79 Å². The second-order valence-electron chi connectivity index (χ2n) is 5.43. The van der Waals surface area contributed by atoms with Gasteiger partial charge in [0, 0.05) is 44.6 Å². The van der Waals surface area contributed by atoms with Crippen molar-refractivity contribution in [3.8, 4) is 5.75 Å². The standard InChI is InChI=1S/C15H19N3O6/c19-14(20)5-8-16-15(21)17-9-6-13(7-10-17)24-12-3-1-11(2-4-12)18(22)23/h1-4,13H,5-10H2,(H,16,21)(H,19,20). The van der Waals surface area contributed by atoms with Crippen molar-refractivity contribution in [2.24, 2.45) is 0 Å². The minimum Gasteiger partial charge on any atom is -0.490 e. The quantitative estimate of drug-likeness (QED) is 0.601. The topological polar surface area (TPSA) is 122 Å². The third kappa shape index (κ3) is 5.11. The minimum absolute atomic E-state index is 0.00945. The Morgan fingerprint density at radius 3 is 2.46 bits per heavy atom. The van der Waals surface area contributed by atoms with Gasteiger partial charge < -0.3 is 20.1 Å². The van der Waals surface area contributed by atoms with E-state index >= 15 is 0 Å². The van der Waals surface area contributed by atoms with E-state index < -0.39 is 10.9 Å². The summed E-state index contributed by atoms with van der Waals surface area (Å²) in [6.07, 6.45) is 1.12. The molecular weight excluding hydrogens is 318 g/mol. The predicted octanol–water partition coefficient (Wildman–Crippen LogP) is 1.62. The number of nitro groups is 1. The molecular formula is C15H19N3O6. The number of amides is 2. The molecule has 9 heteroatoms. The third-order valence-corrected chi connectivity index (χ3v) is 3.69. The van der Waals surface area contributed by atoms with Crippen molar-refractivity contribution >= 4 is 17.7 Å². The number of carboxylic acids is 1. The van der Waals surface area contributed by atoms with E-state index in [1.54, 1.807) is 17.0 Å². The molecule has 0 radical (unpaired) electrons. The lowest BCUT2D eigenvalue weighted by Gasteiger charge is -2.32. The number of ether oxygens (including phenoxy) is 1. The third-order valence-electron chi connectivity index (χ3n) is 3.69. The Morgan fingerprint density at radius 2 is 1.92 bits per heavy atom. The SMILES string of the molecule is O=C(O)CCNC(=O)N1CCC(Oc2ccc([N+](=O)[O-])cc2)CC1. The number of non-ortho nitro benzene ring substituents is 1. The molecule has 0 aromatic heterocycles. The van der Waals surface area contributed by atoms with Crippen LogP contribution in [0.1, 0.15) is 19.3 Å². The van der Waals surface area contributed by atoms with E-state index in [-0.39, 0.29) is 30.8 Å². The molecule has 1 aliphatic rings. The zero-order valence-electron chi connectivity index (χ0n) is 13.0. The van der Waals surface area contributed by atoms with E-state index in [1.807, 2.05) is 0 Å². The number of carboxylic acid groups (broad SMARTS) is 1. The van der Waals surface area contributed by atoms with E-state index in [0.717, 1.165) is 0 Å². The highest BCUT2D eigenvalue weighted by molar-refractivity contribution is 5.75. The average molecular weight is 337 g/mol. The lowest BCUT2D eigenvalue weighted by Crippen LogP contribution is -2.46. The van der Waals surface area contributed by atoms with Crippen LogP contribution >= 0.6 is 0 Å². The van der Waals surface area contributed by atoms with Crippen LogP contribution in [0.5, 0.6) is 5.75 Å². The molecule has 0 spiro atoms. The molecule has 2 N–H and O–H groups in total. The van der Waals surface area contributed by atoms with Gasteiger partial charge in [-0.3, -0.25) is 14.9 Å². The summed E-state index contributed by atoms with van der Waals surface area (Å²) in [6, 6.07) is 5.62. The Labute approximate surface area is 138 Å². The van der Waals surface area contributed by atoms with Crippen molar-refractivity contribution in [3.05, 3.63) is 34.4 Å². The van der Waals surface area contributed by atoms with Gasteiger partial charge in [-0.2, -0.15) is 0 Å². The lowest BCUT2D eigenvalue weighted by molar-refractivity contribution is -0.384. The first-order valence-corrected chi connectivity index (χ1v) is 7.61. The first kappa shape index (κ1) is 17.5. The molecule has 0 aliphatic carbocycles. The summed E-state index contributed by atoms with van der Waals surface area (Å²) in [5, 5.41) is 21.7. The predicted molar refractivity (Wildman–Crippen MR) is 84.0 cm³/mol. The summed E-state index contributed by atoms with van der Waals surface area (Å²) in [6.45, 7) is 1.13. The number of rotatable bonds is 6. The molecule has 0 saturated carbocycles. The number of piperidine rings is 1. The monoisotopic (exact) mass is 337 g/mol. The fraction of sp³-hybridized carbons (Fsp3) is 0.467. The number of likely N-dealkylation sites (tertiary alicyclic amines) is 1. The summed E-state index contributed by atoms with van der Waals surface area (Å²) in [5.41, 5.74) is 0.00945. The van der Waals surface area contributed by atoms with Crippen molar-refractivity contribution < 1.29 is 24.4 Å². The summed E-state index contributed by atoms with van der Waals surface area (Å²) in [5.74, 6) is -0.393. The smallest absolute Gasteiger partial charge is 0.317 e. The molecule has 0 unspecified atom stereocenters. The first-order valence-electron chi connectivity index (χ1n) is 7.61. The molecule has 1 fully saturated rings. The van der Waals surface area contributed by atoms with Crippen molar-refractivity contribution in [1.29, 1.82) is 0 Å². The number of hydrogen-bond acceptors (Lipinski definition) is 5. The second kappa shape index (κ2) is 8.14. The Bertz CT molecular complexity index is 596. The largest absolute Gasteiger partial charge is 0.490 e. The number of hydrogen-bond donors (Lipinski definition) is 2. The van der Waals surface area contributed by atoms with Crippen LogP contribution in [0.15, 0.2) is 24.3 Å². The molecule has 1 aromatic carbocycles. The van der Waals surface area contributed by atoms with Gasteiger partial charge in [-0.05, 0) is 12.1 Å². The number of urea groups is 1. The molecule has 2 amide bonds. The van der Waals surface area contributed by atoms with Crippen molar-refractivity contribution in [2.45, 2.75) is 25.4 Å². The van der Waals surface area contributed by atoms with Crippen LogP contribution in [0, 0.1) is 10.1 Å². The molecule has 1 heterocycles. The summed E-state index contributed by atoms with van der Waals surface area (Å²) < 4.78 is 5.77. The maximum absolute atomic E-state index is 11.9. The molecule has 24 heavy (non-hydrogen) atoms. The van der Waals surface area contributed by atoms with E-state index in [9.17, 15) is 19.7 Å². The first-order chi connectivity index (χ1) is 11.5. The number of aliphatic carboxylic acids is 1. The zero-order valence-corrected chi connectivity index (χ0v) is 13.0. The molecule has 9 nitrogen and oxygen atoms in total. The maximum Gasteiger partial charge on any atom is 0.317 e. The number of nitrogens with one attached hydrogen (secondary N) is 1. The van der Waals surface area contributed by atoms with E-state index in [0.29, 0.717) is 31.7 Å². The molecule has 1 saturated heterocycles. The molecule has 130 valence electrons. The minimum atomic E-state index is -0.953. The van der Waals surface area contributed by atoms with Crippen LogP contribution in [0.25, 0.3) is 0 Å². The van der Waals surface area contributed by atoms with Gasteiger partial charge >= 0.3 is 12.0 Å². The van der Waals surface area contributed by atoms with Crippen LogP contribution in [0.4, 0.5) is 10.5 Å². The fourth-order valence-corrected chi connectivity index (χ4v) is 2.40. The normalized spacial score (nSPS) is 14.9. The van der Waals surface area contributed by atoms with Gasteiger partial charge in [0.05, 0.1) is 11.3 Å². The number of benzene rings is 1. The number of carbonyl (C=O) groups is 2. The molecule has 0 bridgehead atoms. The van der Waals surface area contributed by atoms with Crippen molar-refractivity contribution in [2.75, 3.05) is 19.6 Å². The van der Waals surface area contributed by atoms with Gasteiger partial charge in [0.25, 0.3) is 5.69 Å². The number of carbonyl (C=O) groups excluding carboxylic acids is 1. The molecule has 1 aromatic rings. The molecule has 1 aliphatic heterocycles. The second-order valence-corrected chi connectivity index (χ2v) is 5.43. The number of nitro benzene ring substituents is 1. The molecule has 2 rings (SSSR count).